The molecule has 0 atom stereocenters. The molecule has 0 fully saturated rings. The van der Waals surface area contributed by atoms with E-state index in [0.29, 0.717) is 0 Å². The third kappa shape index (κ3) is 91.4. The maximum atomic E-state index is 8.88. The summed E-state index contributed by atoms with van der Waals surface area (Å²) in [6, 6.07) is 0. The summed E-state index contributed by atoms with van der Waals surface area (Å²) in [5, 5.41) is 0. The summed E-state index contributed by atoms with van der Waals surface area (Å²) in [7, 11) is -4.64. The Labute approximate surface area is 88.7 Å². The van der Waals surface area contributed by atoms with Crippen molar-refractivity contribution in [2.45, 2.75) is 0 Å². The second-order valence-electron chi connectivity index (χ2n) is 0.513. The van der Waals surface area contributed by atoms with Gasteiger partial charge in [-0.2, -0.15) is 0 Å². The Morgan fingerprint density at radius 3 is 1.12 bits per heavy atom. The van der Waals surface area contributed by atoms with Gasteiger partial charge >= 0.3 is 26.7 Å². The van der Waals surface area contributed by atoms with Crippen LogP contribution in [0.15, 0.2) is 0 Å². The minimum atomic E-state index is -4.64. The molecule has 44 valence electrons. The molecule has 0 heterocycles. The van der Waals surface area contributed by atoms with Crippen LogP contribution in [0.1, 0.15) is 0 Å². The van der Waals surface area contributed by atoms with Gasteiger partial charge in [-0.05, 0) is 0 Å². The van der Waals surface area contributed by atoms with Gasteiger partial charge in [0.2, 0.25) is 0 Å². The third-order valence-electron chi connectivity index (χ3n) is 0. The summed E-state index contributed by atoms with van der Waals surface area (Å²) in [6.45, 7) is 0. The van der Waals surface area contributed by atoms with Crippen molar-refractivity contribution in [1.29, 1.82) is 0 Å². The van der Waals surface area contributed by atoms with E-state index in [1.54, 1.807) is 0 Å². The predicted octanol–water partition coefficient (Wildman–Crippen LogP) is -1.58. The molecular formula is H4CrLiO4PZr. The Bertz CT molecular complexity index is 62.2. The third-order valence-corrected chi connectivity index (χ3v) is 0. The molecule has 0 aliphatic heterocycles. The fourth-order valence-corrected chi connectivity index (χ4v) is 0. The van der Waals surface area contributed by atoms with Crippen molar-refractivity contribution >= 4 is 26.7 Å². The van der Waals surface area contributed by atoms with E-state index in [1.165, 1.54) is 0 Å². The molecule has 0 amide bonds. The van der Waals surface area contributed by atoms with Crippen LogP contribution < -0.4 is 0 Å². The van der Waals surface area contributed by atoms with Crippen molar-refractivity contribution in [1.82, 2.24) is 0 Å². The predicted molar refractivity (Wildman–Crippen MR) is 21.4 cm³/mol. The molecule has 8 heteroatoms. The molecule has 0 aromatic heterocycles. The van der Waals surface area contributed by atoms with Gasteiger partial charge < -0.3 is 14.7 Å². The van der Waals surface area contributed by atoms with E-state index < -0.39 is 7.82 Å². The Kier molecular flexibility index (Phi) is 25.6. The Morgan fingerprint density at radius 1 is 1.12 bits per heavy atom. The fraction of sp³-hybridized carbons (Fsp3) is 0. The van der Waals surface area contributed by atoms with Gasteiger partial charge in [0, 0.05) is 43.6 Å². The minimum absolute atomic E-state index is 0. The fourth-order valence-electron chi connectivity index (χ4n) is 0. The summed E-state index contributed by atoms with van der Waals surface area (Å²) in [4.78, 5) is 21.6. The number of rotatable bonds is 0. The first-order valence-corrected chi connectivity index (χ1v) is 2.35. The van der Waals surface area contributed by atoms with E-state index in [1.807, 2.05) is 0 Å². The van der Waals surface area contributed by atoms with Crippen LogP contribution in [0.4, 0.5) is 0 Å². The second-order valence-corrected chi connectivity index (χ2v) is 1.54. The van der Waals surface area contributed by atoms with Crippen LogP contribution in [0.5, 0.6) is 0 Å². The number of hydrogen-bond acceptors (Lipinski definition) is 1. The molecule has 0 radical (unpaired) electrons. The van der Waals surface area contributed by atoms with Crippen LogP contribution in [-0.2, 0) is 48.1 Å². The van der Waals surface area contributed by atoms with Crippen molar-refractivity contribution in [3.63, 3.8) is 0 Å². The van der Waals surface area contributed by atoms with E-state index in [2.05, 4.69) is 0 Å². The van der Waals surface area contributed by atoms with Crippen LogP contribution in [0, 0.1) is 0 Å². The van der Waals surface area contributed by atoms with Crippen molar-refractivity contribution in [2.75, 3.05) is 0 Å². The van der Waals surface area contributed by atoms with E-state index >= 15 is 0 Å². The molecule has 3 N–H and O–H groups in total. The topological polar surface area (TPSA) is 77.8 Å². The average Bonchev–Trinajstić information content (AvgIpc) is 0.722. The first kappa shape index (κ1) is 22.5. The number of hydrogen-bond donors (Lipinski definition) is 3. The Hall–Kier alpha value is 2.12. The van der Waals surface area contributed by atoms with Crippen molar-refractivity contribution in [3.05, 3.63) is 0 Å². The first-order valence-electron chi connectivity index (χ1n) is 0.783. The van der Waals surface area contributed by atoms with Crippen LogP contribution in [0.2, 0.25) is 0 Å². The first-order chi connectivity index (χ1) is 2.00. The molecule has 4 nitrogen and oxygen atoms in total. The van der Waals surface area contributed by atoms with Crippen LogP contribution in [0.25, 0.3) is 0 Å². The van der Waals surface area contributed by atoms with Gasteiger partial charge in [-0.15, -0.1) is 0 Å². The van der Waals surface area contributed by atoms with Crippen LogP contribution >= 0.6 is 7.82 Å². The van der Waals surface area contributed by atoms with E-state index in [0.717, 1.165) is 0 Å². The molecule has 0 aliphatic rings. The SMILES string of the molecule is O=P(O)(O)O.[Cr].[LiH].[Zr]. The monoisotopic (exact) mass is 248 g/mol. The van der Waals surface area contributed by atoms with Gasteiger partial charge in [-0.1, -0.05) is 0 Å². The van der Waals surface area contributed by atoms with Crippen LogP contribution in [0.3, 0.4) is 0 Å². The second kappa shape index (κ2) is 9.12. The molecule has 0 saturated heterocycles. The largest absolute Gasteiger partial charge is 0 e. The summed E-state index contributed by atoms with van der Waals surface area (Å²) in [6.07, 6.45) is 0. The minimum Gasteiger partial charge on any atom is 0 e. The average molecular weight is 249 g/mol. The van der Waals surface area contributed by atoms with Gasteiger partial charge in [0.05, 0.1) is 0 Å². The van der Waals surface area contributed by atoms with Crippen molar-refractivity contribution in [3.8, 4) is 0 Å². The summed E-state index contributed by atoms with van der Waals surface area (Å²) in [5.74, 6) is 0. The zero-order valence-electron chi connectivity index (χ0n) is 3.11. The summed E-state index contributed by atoms with van der Waals surface area (Å²) >= 11 is 0. The molecule has 0 aromatic carbocycles. The standard InChI is InChI=1S/Cr.Li.H3O4P.Zr.H/c;;1-5(2,3)4;;/h;;(H3,1,2,3,4);;. The van der Waals surface area contributed by atoms with Gasteiger partial charge in [-0.3, -0.25) is 0 Å². The van der Waals surface area contributed by atoms with Gasteiger partial charge in [0.25, 0.3) is 0 Å². The normalized spacial score (nSPS) is 7.38. The molecule has 8 heavy (non-hydrogen) atoms. The van der Waals surface area contributed by atoms with Gasteiger partial charge in [-0.25, -0.2) is 4.57 Å². The molecule has 0 bridgehead atoms. The van der Waals surface area contributed by atoms with Crippen molar-refractivity contribution in [2.24, 2.45) is 0 Å². The Morgan fingerprint density at radius 2 is 1.12 bits per heavy atom. The quantitative estimate of drug-likeness (QED) is 0.357. The molecular weight excluding hydrogens is 245 g/mol. The van der Waals surface area contributed by atoms with E-state index in [4.69, 9.17) is 19.2 Å². The summed E-state index contributed by atoms with van der Waals surface area (Å²) < 4.78 is 8.88. The smallest absolute Gasteiger partial charge is 0 e. The number of phosphoric acid groups is 1. The summed E-state index contributed by atoms with van der Waals surface area (Å²) in [5.41, 5.74) is 0. The van der Waals surface area contributed by atoms with Gasteiger partial charge in [0.1, 0.15) is 0 Å². The molecule has 0 rings (SSSR count). The molecule has 0 aromatic rings. The van der Waals surface area contributed by atoms with Crippen molar-refractivity contribution < 1.29 is 62.8 Å². The molecule has 0 unspecified atom stereocenters. The van der Waals surface area contributed by atoms with Crippen LogP contribution in [-0.4, -0.2) is 33.5 Å². The van der Waals surface area contributed by atoms with Gasteiger partial charge in [0.15, 0.2) is 0 Å². The zero-order chi connectivity index (χ0) is 4.50. The Balaban J connectivity index is -0.0000000267. The van der Waals surface area contributed by atoms with E-state index in [9.17, 15) is 0 Å². The maximum absolute atomic E-state index is 8.88. The molecule has 0 spiro atoms. The molecule has 0 aliphatic carbocycles. The zero-order valence-corrected chi connectivity index (χ0v) is 7.73. The maximum Gasteiger partial charge on any atom is 0 e. The molecule has 0 saturated carbocycles. The van der Waals surface area contributed by atoms with E-state index in [-0.39, 0.29) is 62.4 Å².